The second-order valence-corrected chi connectivity index (χ2v) is 6.13. The van der Waals surface area contributed by atoms with Crippen LogP contribution >= 0.6 is 22.6 Å². The highest BCUT2D eigenvalue weighted by Crippen LogP contribution is 2.13. The van der Waals surface area contributed by atoms with Crippen LogP contribution in [0.15, 0.2) is 24.3 Å². The first-order valence-corrected chi connectivity index (χ1v) is 7.61. The summed E-state index contributed by atoms with van der Waals surface area (Å²) in [6, 6.07) is 7.93. The van der Waals surface area contributed by atoms with E-state index in [2.05, 4.69) is 40.1 Å². The van der Waals surface area contributed by atoms with Gasteiger partial charge in [0.25, 0.3) is 5.91 Å². The molecule has 0 spiro atoms. The summed E-state index contributed by atoms with van der Waals surface area (Å²) in [4.78, 5) is 11.8. The van der Waals surface area contributed by atoms with Gasteiger partial charge >= 0.3 is 0 Å². The predicted octanol–water partition coefficient (Wildman–Crippen LogP) is 1.78. The maximum absolute atomic E-state index is 11.8. The van der Waals surface area contributed by atoms with Gasteiger partial charge in [-0.05, 0) is 72.3 Å². The van der Waals surface area contributed by atoms with Crippen molar-refractivity contribution in [2.75, 3.05) is 19.7 Å². The van der Waals surface area contributed by atoms with E-state index in [4.69, 9.17) is 4.74 Å². The highest BCUT2D eigenvalue weighted by atomic mass is 127. The Morgan fingerprint density at radius 2 is 2.21 bits per heavy atom. The summed E-state index contributed by atoms with van der Waals surface area (Å²) < 4.78 is 6.62. The first-order valence-electron chi connectivity index (χ1n) is 6.53. The molecule has 0 aromatic heterocycles. The molecule has 104 valence electrons. The lowest BCUT2D eigenvalue weighted by Gasteiger charge is -2.30. The minimum Gasteiger partial charge on any atom is -0.484 e. The van der Waals surface area contributed by atoms with Crippen molar-refractivity contribution in [1.29, 1.82) is 0 Å². The Balaban J connectivity index is 1.76. The fourth-order valence-electron chi connectivity index (χ4n) is 2.16. The summed E-state index contributed by atoms with van der Waals surface area (Å²) in [6.45, 7) is 4.16. The Hall–Kier alpha value is -0.820. The lowest BCUT2D eigenvalue weighted by atomic mass is 9.95. The molecule has 2 rings (SSSR count). The number of halogens is 1. The lowest BCUT2D eigenvalue weighted by molar-refractivity contribution is -0.124. The summed E-state index contributed by atoms with van der Waals surface area (Å²) in [5.74, 6) is 1.15. The van der Waals surface area contributed by atoms with Gasteiger partial charge in [0.1, 0.15) is 5.75 Å². The van der Waals surface area contributed by atoms with Crippen LogP contribution < -0.4 is 15.4 Å². The average Bonchev–Trinajstić information content (AvgIpc) is 2.41. The van der Waals surface area contributed by atoms with Gasteiger partial charge in [0, 0.05) is 9.61 Å². The van der Waals surface area contributed by atoms with E-state index in [-0.39, 0.29) is 18.6 Å². The molecule has 19 heavy (non-hydrogen) atoms. The van der Waals surface area contributed by atoms with Gasteiger partial charge in [0.2, 0.25) is 0 Å². The molecule has 1 aliphatic heterocycles. The molecule has 0 saturated carbocycles. The van der Waals surface area contributed by atoms with E-state index in [0.29, 0.717) is 5.92 Å². The molecular weight excluding hydrogens is 355 g/mol. The first-order chi connectivity index (χ1) is 9.15. The van der Waals surface area contributed by atoms with Gasteiger partial charge in [-0.2, -0.15) is 0 Å². The van der Waals surface area contributed by atoms with Crippen LogP contribution in [0.25, 0.3) is 0 Å². The van der Waals surface area contributed by atoms with Crippen LogP contribution in [0.3, 0.4) is 0 Å². The number of piperidine rings is 1. The van der Waals surface area contributed by atoms with Crippen molar-refractivity contribution in [3.63, 3.8) is 0 Å². The summed E-state index contributed by atoms with van der Waals surface area (Å²) >= 11 is 2.24. The van der Waals surface area contributed by atoms with Crippen molar-refractivity contribution in [2.24, 2.45) is 5.92 Å². The number of benzene rings is 1. The molecule has 1 aromatic rings. The third kappa shape index (κ3) is 4.65. The summed E-state index contributed by atoms with van der Waals surface area (Å²) in [7, 11) is 0. The van der Waals surface area contributed by atoms with Crippen molar-refractivity contribution >= 4 is 28.5 Å². The Morgan fingerprint density at radius 1 is 1.47 bits per heavy atom. The number of carbonyl (C=O) groups is 1. The van der Waals surface area contributed by atoms with Gasteiger partial charge in [-0.25, -0.2) is 0 Å². The normalized spacial score (nSPS) is 22.8. The molecule has 1 aromatic carbocycles. The number of amides is 1. The van der Waals surface area contributed by atoms with Gasteiger partial charge in [0.15, 0.2) is 6.61 Å². The van der Waals surface area contributed by atoms with Crippen LogP contribution in [0.2, 0.25) is 0 Å². The van der Waals surface area contributed by atoms with Crippen LogP contribution in [-0.4, -0.2) is 31.6 Å². The quantitative estimate of drug-likeness (QED) is 0.791. The minimum absolute atomic E-state index is 0.0442. The molecule has 4 nitrogen and oxygen atoms in total. The van der Waals surface area contributed by atoms with Crippen molar-refractivity contribution in [1.82, 2.24) is 10.6 Å². The van der Waals surface area contributed by atoms with Gasteiger partial charge in [0.05, 0.1) is 0 Å². The molecule has 1 saturated heterocycles. The lowest BCUT2D eigenvalue weighted by Crippen LogP contribution is -2.49. The minimum atomic E-state index is -0.0442. The predicted molar refractivity (Wildman–Crippen MR) is 83.2 cm³/mol. The van der Waals surface area contributed by atoms with Crippen LogP contribution in [-0.2, 0) is 4.79 Å². The van der Waals surface area contributed by atoms with Crippen molar-refractivity contribution in [2.45, 2.75) is 19.4 Å². The van der Waals surface area contributed by atoms with E-state index < -0.39 is 0 Å². The van der Waals surface area contributed by atoms with E-state index in [9.17, 15) is 4.79 Å². The van der Waals surface area contributed by atoms with Crippen LogP contribution in [0.4, 0.5) is 0 Å². The number of ether oxygens (including phenoxy) is 1. The first kappa shape index (κ1) is 14.6. The van der Waals surface area contributed by atoms with Crippen LogP contribution in [0.1, 0.15) is 13.3 Å². The summed E-state index contributed by atoms with van der Waals surface area (Å²) in [6.07, 6.45) is 0.983. The Kier molecular flexibility index (Phi) is 5.45. The van der Waals surface area contributed by atoms with E-state index >= 15 is 0 Å². The van der Waals surface area contributed by atoms with E-state index in [1.165, 1.54) is 0 Å². The van der Waals surface area contributed by atoms with Crippen LogP contribution in [0, 0.1) is 9.49 Å². The zero-order valence-electron chi connectivity index (χ0n) is 11.0. The number of hydrogen-bond donors (Lipinski definition) is 2. The third-order valence-electron chi connectivity index (χ3n) is 3.32. The highest BCUT2D eigenvalue weighted by molar-refractivity contribution is 14.1. The number of carbonyl (C=O) groups excluding carboxylic acids is 1. The molecular formula is C14H19IN2O2. The molecule has 2 N–H and O–H groups in total. The van der Waals surface area contributed by atoms with Crippen molar-refractivity contribution < 1.29 is 9.53 Å². The fourth-order valence-corrected chi connectivity index (χ4v) is 2.52. The Morgan fingerprint density at radius 3 is 2.89 bits per heavy atom. The van der Waals surface area contributed by atoms with E-state index in [0.717, 1.165) is 28.8 Å². The molecule has 5 heteroatoms. The second-order valence-electron chi connectivity index (χ2n) is 4.89. The zero-order chi connectivity index (χ0) is 13.7. The second kappa shape index (κ2) is 7.09. The molecule has 2 unspecified atom stereocenters. The molecule has 0 radical (unpaired) electrons. The van der Waals surface area contributed by atoms with Gasteiger partial charge in [-0.3, -0.25) is 4.79 Å². The zero-order valence-corrected chi connectivity index (χ0v) is 13.1. The number of hydrogen-bond acceptors (Lipinski definition) is 3. The number of rotatable bonds is 4. The Labute approximate surface area is 127 Å². The van der Waals surface area contributed by atoms with Gasteiger partial charge in [-0.15, -0.1) is 0 Å². The Bertz CT molecular complexity index is 422. The summed E-state index contributed by atoms with van der Waals surface area (Å²) in [5, 5.41) is 6.36. The smallest absolute Gasteiger partial charge is 0.258 e. The molecule has 1 heterocycles. The van der Waals surface area contributed by atoms with Crippen molar-refractivity contribution in [3.05, 3.63) is 27.8 Å². The molecule has 0 bridgehead atoms. The van der Waals surface area contributed by atoms with E-state index in [1.807, 2.05) is 24.3 Å². The average molecular weight is 374 g/mol. The highest BCUT2D eigenvalue weighted by Gasteiger charge is 2.22. The van der Waals surface area contributed by atoms with Gasteiger partial charge in [-0.1, -0.05) is 6.92 Å². The molecule has 1 fully saturated rings. The summed E-state index contributed by atoms with van der Waals surface area (Å²) in [5.41, 5.74) is 0. The maximum Gasteiger partial charge on any atom is 0.258 e. The van der Waals surface area contributed by atoms with Crippen LogP contribution in [0.5, 0.6) is 5.75 Å². The molecule has 1 amide bonds. The molecule has 0 aliphatic carbocycles. The third-order valence-corrected chi connectivity index (χ3v) is 4.03. The van der Waals surface area contributed by atoms with E-state index in [1.54, 1.807) is 0 Å². The standard InChI is InChI=1S/C14H19IN2O2/c1-10-8-16-7-6-13(10)17-14(18)9-19-12-4-2-11(15)3-5-12/h2-5,10,13,16H,6-9H2,1H3,(H,17,18). The maximum atomic E-state index is 11.8. The number of nitrogens with one attached hydrogen (secondary N) is 2. The molecule has 1 aliphatic rings. The SMILES string of the molecule is CC1CNCCC1NC(=O)COc1ccc(I)cc1. The topological polar surface area (TPSA) is 50.4 Å². The molecule has 2 atom stereocenters. The largest absolute Gasteiger partial charge is 0.484 e. The van der Waals surface area contributed by atoms with Gasteiger partial charge < -0.3 is 15.4 Å². The fraction of sp³-hybridized carbons (Fsp3) is 0.500. The monoisotopic (exact) mass is 374 g/mol. The van der Waals surface area contributed by atoms with Crippen molar-refractivity contribution in [3.8, 4) is 5.75 Å².